The Balaban J connectivity index is 1.01. The zero-order chi connectivity index (χ0) is 33.5. The topological polar surface area (TPSA) is 6.48 Å². The van der Waals surface area contributed by atoms with Crippen molar-refractivity contribution in [3.05, 3.63) is 185 Å². The molecule has 0 amide bonds. The Labute approximate surface area is 298 Å². The highest BCUT2D eigenvalue weighted by molar-refractivity contribution is 5.77. The molecule has 1 unspecified atom stereocenters. The molecule has 0 spiro atoms. The molecule has 6 aliphatic rings. The fourth-order valence-corrected chi connectivity index (χ4v) is 9.02. The van der Waals surface area contributed by atoms with E-state index >= 15 is 0 Å². The van der Waals surface area contributed by atoms with Gasteiger partial charge in [0, 0.05) is 40.3 Å². The molecule has 1 heterocycles. The van der Waals surface area contributed by atoms with Crippen molar-refractivity contribution in [3.63, 3.8) is 0 Å². The molecule has 0 saturated carbocycles. The molecule has 1 aliphatic heterocycles. The molecule has 3 aromatic carbocycles. The van der Waals surface area contributed by atoms with Crippen molar-refractivity contribution in [3.8, 4) is 0 Å². The van der Waals surface area contributed by atoms with Gasteiger partial charge in [0.15, 0.2) is 0 Å². The summed E-state index contributed by atoms with van der Waals surface area (Å²) in [6.45, 7) is 2.39. The summed E-state index contributed by atoms with van der Waals surface area (Å²) in [5, 5.41) is 0. The van der Waals surface area contributed by atoms with Crippen LogP contribution in [0.1, 0.15) is 81.4 Å². The van der Waals surface area contributed by atoms with Gasteiger partial charge in [0.25, 0.3) is 0 Å². The van der Waals surface area contributed by atoms with E-state index in [2.05, 4.69) is 162 Å². The van der Waals surface area contributed by atoms with Gasteiger partial charge in [-0.25, -0.2) is 0 Å². The van der Waals surface area contributed by atoms with Crippen LogP contribution in [0.3, 0.4) is 0 Å². The van der Waals surface area contributed by atoms with Crippen LogP contribution >= 0.6 is 0 Å². The SMILES string of the molecule is C[C@]12C=CC=CC1N(C1=CC=C(C3=CC=C(N(c4ccc(C5=CC=CCC5)cc4)c4cccc(C5=CCCCC5)c4)CC3)C1)c1ccccc12. The van der Waals surface area contributed by atoms with Crippen molar-refractivity contribution in [2.75, 3.05) is 9.80 Å². The number of hydrogen-bond donors (Lipinski definition) is 0. The van der Waals surface area contributed by atoms with Crippen molar-refractivity contribution < 1.29 is 0 Å². The summed E-state index contributed by atoms with van der Waals surface area (Å²) in [5.74, 6) is 0. The number of rotatable bonds is 7. The predicted molar refractivity (Wildman–Crippen MR) is 212 cm³/mol. The van der Waals surface area contributed by atoms with Crippen LogP contribution in [-0.2, 0) is 5.41 Å². The van der Waals surface area contributed by atoms with Crippen molar-refractivity contribution in [1.29, 1.82) is 0 Å². The molecule has 0 bridgehead atoms. The van der Waals surface area contributed by atoms with Crippen molar-refractivity contribution in [2.45, 2.75) is 76.2 Å². The second-order valence-corrected chi connectivity index (χ2v) is 14.8. The van der Waals surface area contributed by atoms with Gasteiger partial charge in [0.1, 0.15) is 0 Å². The molecule has 2 heteroatoms. The normalized spacial score (nSPS) is 23.7. The Morgan fingerprint density at radius 1 is 0.660 bits per heavy atom. The number of hydrogen-bond acceptors (Lipinski definition) is 2. The first kappa shape index (κ1) is 30.9. The Morgan fingerprint density at radius 2 is 1.56 bits per heavy atom. The molecule has 0 fully saturated rings. The third-order valence-electron chi connectivity index (χ3n) is 11.7. The summed E-state index contributed by atoms with van der Waals surface area (Å²) in [6.07, 6.45) is 38.2. The standard InChI is InChI=1S/C48H46N2/c1-48-32-11-10-21-47(48)50(46-20-9-8-19-45(46)48)44-31-26-40(34-44)38-24-29-42(30-25-38)49(41-27-22-37(23-28-41)35-13-4-2-5-14-35)43-18-12-17-39(33-43)36-15-6-3-7-16-36/h2,4,8-13,15,17-24,26-29,31-33,47H,3,5-7,14,16,25,30,34H2,1H3/t47?,48-/m1/s1. The third kappa shape index (κ3) is 5.52. The van der Waals surface area contributed by atoms with E-state index in [1.807, 2.05) is 0 Å². The van der Waals surface area contributed by atoms with Gasteiger partial charge in [-0.15, -0.1) is 0 Å². The van der Waals surface area contributed by atoms with Crippen LogP contribution < -0.4 is 9.80 Å². The van der Waals surface area contributed by atoms with Gasteiger partial charge < -0.3 is 9.80 Å². The average molecular weight is 651 g/mol. The lowest BCUT2D eigenvalue weighted by molar-refractivity contribution is 0.540. The Bertz CT molecular complexity index is 2110. The van der Waals surface area contributed by atoms with Crippen LogP contribution in [0.4, 0.5) is 17.1 Å². The summed E-state index contributed by atoms with van der Waals surface area (Å²) in [4.78, 5) is 5.11. The van der Waals surface area contributed by atoms with Crippen LogP contribution in [-0.4, -0.2) is 6.04 Å². The molecular formula is C48H46N2. The van der Waals surface area contributed by atoms with E-state index in [4.69, 9.17) is 0 Å². The minimum absolute atomic E-state index is 0.00638. The number of para-hydroxylation sites is 1. The highest BCUT2D eigenvalue weighted by Crippen LogP contribution is 2.51. The Morgan fingerprint density at radius 3 is 2.38 bits per heavy atom. The van der Waals surface area contributed by atoms with Gasteiger partial charge in [-0.1, -0.05) is 103 Å². The quantitative estimate of drug-likeness (QED) is 0.251. The Hall–Kier alpha value is -5.08. The summed E-state index contributed by atoms with van der Waals surface area (Å²) in [5.41, 5.74) is 16.5. The monoisotopic (exact) mass is 650 g/mol. The molecule has 9 rings (SSSR count). The lowest BCUT2D eigenvalue weighted by Crippen LogP contribution is -2.41. The summed E-state index contributed by atoms with van der Waals surface area (Å²) < 4.78 is 0. The van der Waals surface area contributed by atoms with Gasteiger partial charge in [-0.3, -0.25) is 0 Å². The molecule has 3 aromatic rings. The van der Waals surface area contributed by atoms with E-state index < -0.39 is 0 Å². The fourth-order valence-electron chi connectivity index (χ4n) is 9.02. The lowest BCUT2D eigenvalue weighted by Gasteiger charge is -2.35. The molecule has 0 radical (unpaired) electrons. The third-order valence-corrected chi connectivity index (χ3v) is 11.7. The minimum atomic E-state index is -0.00638. The minimum Gasteiger partial charge on any atom is -0.336 e. The van der Waals surface area contributed by atoms with E-state index in [1.54, 1.807) is 0 Å². The molecule has 5 aliphatic carbocycles. The first-order chi connectivity index (χ1) is 24.7. The summed E-state index contributed by atoms with van der Waals surface area (Å²) >= 11 is 0. The van der Waals surface area contributed by atoms with Crippen LogP contribution in [0.2, 0.25) is 0 Å². The number of nitrogens with zero attached hydrogens (tertiary/aromatic N) is 2. The Kier molecular flexibility index (Phi) is 8.04. The smallest absolute Gasteiger partial charge is 0.0652 e. The molecule has 2 atom stereocenters. The maximum Gasteiger partial charge on any atom is 0.0652 e. The molecule has 0 N–H and O–H groups in total. The maximum absolute atomic E-state index is 2.60. The van der Waals surface area contributed by atoms with Crippen LogP contribution in [0, 0.1) is 0 Å². The molecule has 0 saturated heterocycles. The van der Waals surface area contributed by atoms with Crippen molar-refractivity contribution in [2.24, 2.45) is 0 Å². The molecule has 248 valence electrons. The van der Waals surface area contributed by atoms with Gasteiger partial charge in [-0.05, 0) is 140 Å². The summed E-state index contributed by atoms with van der Waals surface area (Å²) in [6, 6.07) is 27.9. The second-order valence-electron chi connectivity index (χ2n) is 14.8. The van der Waals surface area contributed by atoms with Crippen molar-refractivity contribution in [1.82, 2.24) is 0 Å². The van der Waals surface area contributed by atoms with Gasteiger partial charge in [0.05, 0.1) is 6.04 Å². The maximum atomic E-state index is 2.60. The van der Waals surface area contributed by atoms with Crippen LogP contribution in [0.5, 0.6) is 0 Å². The number of benzene rings is 3. The number of anilines is 3. The second kappa shape index (κ2) is 13.0. The molecule has 50 heavy (non-hydrogen) atoms. The predicted octanol–water partition coefficient (Wildman–Crippen LogP) is 12.6. The summed E-state index contributed by atoms with van der Waals surface area (Å²) in [7, 11) is 0. The highest BCUT2D eigenvalue weighted by Gasteiger charge is 2.47. The molecule has 0 aromatic heterocycles. The van der Waals surface area contributed by atoms with Crippen molar-refractivity contribution >= 4 is 28.2 Å². The van der Waals surface area contributed by atoms with Gasteiger partial charge >= 0.3 is 0 Å². The average Bonchev–Trinajstić information content (AvgIpc) is 3.77. The number of fused-ring (bicyclic) bond motifs is 3. The van der Waals surface area contributed by atoms with E-state index in [-0.39, 0.29) is 5.41 Å². The van der Waals surface area contributed by atoms with Crippen LogP contribution in [0.25, 0.3) is 11.1 Å². The van der Waals surface area contributed by atoms with E-state index in [9.17, 15) is 0 Å². The fraction of sp³-hybridized carbons (Fsp3) is 0.250. The van der Waals surface area contributed by atoms with Crippen LogP contribution in [0.15, 0.2) is 168 Å². The van der Waals surface area contributed by atoms with E-state index in [0.717, 1.165) is 32.1 Å². The van der Waals surface area contributed by atoms with Gasteiger partial charge in [-0.2, -0.15) is 0 Å². The molecular weight excluding hydrogens is 605 g/mol. The first-order valence-corrected chi connectivity index (χ1v) is 18.8. The molecule has 2 nitrogen and oxygen atoms in total. The highest BCUT2D eigenvalue weighted by atomic mass is 15.2. The van der Waals surface area contributed by atoms with Gasteiger partial charge in [0.2, 0.25) is 0 Å². The zero-order valence-electron chi connectivity index (χ0n) is 29.2. The number of allylic oxidation sites excluding steroid dienone is 15. The van der Waals surface area contributed by atoms with E-state index in [0.29, 0.717) is 6.04 Å². The largest absolute Gasteiger partial charge is 0.336 e. The zero-order valence-corrected chi connectivity index (χ0v) is 29.2. The lowest BCUT2D eigenvalue weighted by atomic mass is 9.76. The first-order valence-electron chi connectivity index (χ1n) is 18.8. The van der Waals surface area contributed by atoms with E-state index in [1.165, 1.54) is 93.1 Å².